The van der Waals surface area contributed by atoms with Crippen LogP contribution in [0.5, 0.6) is 0 Å². The molecule has 3 aromatic rings. The summed E-state index contributed by atoms with van der Waals surface area (Å²) in [7, 11) is 0. The minimum absolute atomic E-state index is 1.00. The average molecular weight is 375 g/mol. The molecular weight excluding hydrogens is 348 g/mol. The molecule has 0 unspecified atom stereocenters. The first kappa shape index (κ1) is 20.3. The molecule has 0 amide bonds. The number of allylic oxidation sites excluding steroid dienone is 1. The molecule has 142 valence electrons. The fraction of sp³-hybridized carbons (Fsp3) is 0.172. The largest absolute Gasteiger partial charge is 0.103 e. The van der Waals surface area contributed by atoms with Crippen molar-refractivity contribution in [3.05, 3.63) is 118 Å². The van der Waals surface area contributed by atoms with Crippen molar-refractivity contribution < 1.29 is 0 Å². The number of hydrogen-bond acceptors (Lipinski definition) is 0. The number of hydrogen-bond donors (Lipinski definition) is 0. The van der Waals surface area contributed by atoms with Crippen LogP contribution in [0.15, 0.2) is 79.4 Å². The predicted molar refractivity (Wildman–Crippen MR) is 124 cm³/mol. The Balaban J connectivity index is 1.71. The standard InChI is InChI=1S/C29H26/c1-4-6-7-25-12-14-26(15-13-25)16-17-28-19-21-29(23(3)22-28)20-18-27-10-8-24(5-2)9-11-27/h4,8-15,19,21-22H,1,5-7H2,2-3H3. The van der Waals surface area contributed by atoms with Gasteiger partial charge in [0.05, 0.1) is 0 Å². The molecule has 0 aliphatic rings. The van der Waals surface area contributed by atoms with Crippen LogP contribution in [0.3, 0.4) is 0 Å². The van der Waals surface area contributed by atoms with E-state index in [1.165, 1.54) is 11.1 Å². The van der Waals surface area contributed by atoms with Crippen LogP contribution in [-0.4, -0.2) is 0 Å². The van der Waals surface area contributed by atoms with Gasteiger partial charge >= 0.3 is 0 Å². The quantitative estimate of drug-likeness (QED) is 0.362. The van der Waals surface area contributed by atoms with Crippen LogP contribution in [0.4, 0.5) is 0 Å². The van der Waals surface area contributed by atoms with E-state index in [0.29, 0.717) is 0 Å². The highest BCUT2D eigenvalue weighted by Gasteiger charge is 1.97. The van der Waals surface area contributed by atoms with Crippen LogP contribution in [0.2, 0.25) is 0 Å². The van der Waals surface area contributed by atoms with Crippen LogP contribution >= 0.6 is 0 Å². The molecule has 0 bridgehead atoms. The van der Waals surface area contributed by atoms with Gasteiger partial charge in [-0.1, -0.05) is 60.9 Å². The molecule has 0 radical (unpaired) electrons. The Morgan fingerprint density at radius 2 is 1.28 bits per heavy atom. The Labute approximate surface area is 175 Å². The van der Waals surface area contributed by atoms with Crippen molar-refractivity contribution in [1.82, 2.24) is 0 Å². The van der Waals surface area contributed by atoms with Crippen molar-refractivity contribution in [3.63, 3.8) is 0 Å². The Bertz CT molecular complexity index is 1090. The first-order valence-corrected chi connectivity index (χ1v) is 10.1. The minimum Gasteiger partial charge on any atom is -0.103 e. The monoisotopic (exact) mass is 374 g/mol. The average Bonchev–Trinajstić information content (AvgIpc) is 2.76. The number of benzene rings is 3. The molecule has 0 heteroatoms. The lowest BCUT2D eigenvalue weighted by molar-refractivity contribution is 1.00. The molecule has 0 saturated carbocycles. The zero-order valence-electron chi connectivity index (χ0n) is 17.3. The van der Waals surface area contributed by atoms with E-state index in [2.05, 4.69) is 105 Å². The summed E-state index contributed by atoms with van der Waals surface area (Å²) in [5, 5.41) is 0. The van der Waals surface area contributed by atoms with Gasteiger partial charge in [0.1, 0.15) is 0 Å². The highest BCUT2D eigenvalue weighted by atomic mass is 14.0. The van der Waals surface area contributed by atoms with Gasteiger partial charge in [0, 0.05) is 22.3 Å². The molecule has 0 fully saturated rings. The van der Waals surface area contributed by atoms with Crippen LogP contribution in [0.1, 0.15) is 52.3 Å². The molecule has 29 heavy (non-hydrogen) atoms. The van der Waals surface area contributed by atoms with Gasteiger partial charge in [-0.3, -0.25) is 0 Å². The van der Waals surface area contributed by atoms with Gasteiger partial charge in [0.2, 0.25) is 0 Å². The first-order valence-electron chi connectivity index (χ1n) is 10.1. The molecule has 0 aliphatic carbocycles. The molecule has 0 saturated heterocycles. The summed E-state index contributed by atoms with van der Waals surface area (Å²) in [6, 6.07) is 23.1. The predicted octanol–water partition coefficient (Wildman–Crippen LogP) is 6.48. The van der Waals surface area contributed by atoms with Crippen molar-refractivity contribution in [2.24, 2.45) is 0 Å². The van der Waals surface area contributed by atoms with Crippen molar-refractivity contribution in [2.45, 2.75) is 33.1 Å². The molecule has 0 heterocycles. The summed E-state index contributed by atoms with van der Waals surface area (Å²) in [6.07, 6.45) is 5.03. The topological polar surface area (TPSA) is 0 Å². The van der Waals surface area contributed by atoms with Gasteiger partial charge in [0.25, 0.3) is 0 Å². The molecule has 3 rings (SSSR count). The lowest BCUT2D eigenvalue weighted by Gasteiger charge is -2.00. The third-order valence-corrected chi connectivity index (χ3v) is 4.87. The highest BCUT2D eigenvalue weighted by Crippen LogP contribution is 2.11. The zero-order chi connectivity index (χ0) is 20.5. The summed E-state index contributed by atoms with van der Waals surface area (Å²) in [6.45, 7) is 8.02. The SMILES string of the molecule is C=CCCc1ccc(C#Cc2ccc(C#Cc3ccc(CC)cc3)c(C)c2)cc1. The van der Waals surface area contributed by atoms with Crippen molar-refractivity contribution in [3.8, 4) is 23.7 Å². The molecule has 3 aromatic carbocycles. The lowest BCUT2D eigenvalue weighted by atomic mass is 10.0. The second-order valence-corrected chi connectivity index (χ2v) is 7.10. The minimum atomic E-state index is 1.00. The van der Waals surface area contributed by atoms with Crippen molar-refractivity contribution >= 4 is 0 Å². The third kappa shape index (κ3) is 6.00. The van der Waals surface area contributed by atoms with Gasteiger partial charge in [-0.2, -0.15) is 0 Å². The maximum Gasteiger partial charge on any atom is 0.0279 e. The van der Waals surface area contributed by atoms with E-state index in [-0.39, 0.29) is 0 Å². The molecule has 0 nitrogen and oxygen atoms in total. The smallest absolute Gasteiger partial charge is 0.0279 e. The molecule has 0 aliphatic heterocycles. The second-order valence-electron chi connectivity index (χ2n) is 7.10. The lowest BCUT2D eigenvalue weighted by Crippen LogP contribution is -1.86. The van der Waals surface area contributed by atoms with Crippen molar-refractivity contribution in [2.75, 3.05) is 0 Å². The second kappa shape index (κ2) is 10.2. The maximum absolute atomic E-state index is 3.77. The Kier molecular flexibility index (Phi) is 7.10. The van der Waals surface area contributed by atoms with E-state index in [0.717, 1.165) is 47.1 Å². The fourth-order valence-electron chi connectivity index (χ4n) is 3.01. The third-order valence-electron chi connectivity index (χ3n) is 4.87. The summed E-state index contributed by atoms with van der Waals surface area (Å²) in [4.78, 5) is 0. The summed E-state index contributed by atoms with van der Waals surface area (Å²) in [5.41, 5.74) is 7.93. The van der Waals surface area contributed by atoms with Gasteiger partial charge in [-0.15, -0.1) is 6.58 Å². The van der Waals surface area contributed by atoms with E-state index in [1.807, 2.05) is 12.1 Å². The summed E-state index contributed by atoms with van der Waals surface area (Å²) >= 11 is 0. The fourth-order valence-corrected chi connectivity index (χ4v) is 3.01. The molecule has 0 spiro atoms. The van der Waals surface area contributed by atoms with Crippen LogP contribution in [0, 0.1) is 30.6 Å². The van der Waals surface area contributed by atoms with Gasteiger partial charge in [0.15, 0.2) is 0 Å². The van der Waals surface area contributed by atoms with E-state index >= 15 is 0 Å². The molecule has 0 N–H and O–H groups in total. The van der Waals surface area contributed by atoms with Crippen LogP contribution in [-0.2, 0) is 12.8 Å². The highest BCUT2D eigenvalue weighted by molar-refractivity contribution is 5.51. The molecule has 0 atom stereocenters. The zero-order valence-corrected chi connectivity index (χ0v) is 17.3. The van der Waals surface area contributed by atoms with Gasteiger partial charge in [-0.05, 0) is 85.3 Å². The number of rotatable bonds is 4. The normalized spacial score (nSPS) is 9.72. The summed E-state index contributed by atoms with van der Waals surface area (Å²) in [5.74, 6) is 13.1. The van der Waals surface area contributed by atoms with Crippen LogP contribution < -0.4 is 0 Å². The van der Waals surface area contributed by atoms with E-state index in [9.17, 15) is 0 Å². The van der Waals surface area contributed by atoms with E-state index < -0.39 is 0 Å². The first-order chi connectivity index (χ1) is 14.2. The maximum atomic E-state index is 3.77. The van der Waals surface area contributed by atoms with Gasteiger partial charge < -0.3 is 0 Å². The molecule has 0 aromatic heterocycles. The Hall–Kier alpha value is -3.48. The summed E-state index contributed by atoms with van der Waals surface area (Å²) < 4.78 is 0. The van der Waals surface area contributed by atoms with Crippen LogP contribution in [0.25, 0.3) is 0 Å². The van der Waals surface area contributed by atoms with E-state index in [1.54, 1.807) is 0 Å². The number of aryl methyl sites for hydroxylation is 3. The van der Waals surface area contributed by atoms with Gasteiger partial charge in [-0.25, -0.2) is 0 Å². The Morgan fingerprint density at radius 3 is 1.86 bits per heavy atom. The van der Waals surface area contributed by atoms with Crippen molar-refractivity contribution in [1.29, 1.82) is 0 Å². The Morgan fingerprint density at radius 1 is 0.724 bits per heavy atom. The molecular formula is C29H26. The van der Waals surface area contributed by atoms with E-state index in [4.69, 9.17) is 0 Å².